The highest BCUT2D eigenvalue weighted by molar-refractivity contribution is 5.94. The van der Waals surface area contributed by atoms with Crippen LogP contribution >= 0.6 is 0 Å². The number of nitrogens with two attached hydrogens (primary N) is 1. The maximum absolute atomic E-state index is 13.0. The second-order valence-corrected chi connectivity index (χ2v) is 9.26. The van der Waals surface area contributed by atoms with Crippen molar-refractivity contribution < 1.29 is 29.4 Å². The van der Waals surface area contributed by atoms with E-state index in [1.54, 1.807) is 24.3 Å². The highest BCUT2D eigenvalue weighted by Gasteiger charge is 2.31. The van der Waals surface area contributed by atoms with E-state index in [9.17, 15) is 24.3 Å². The molecule has 0 heterocycles. The summed E-state index contributed by atoms with van der Waals surface area (Å²) in [7, 11) is 0. The Bertz CT molecular complexity index is 815. The highest BCUT2D eigenvalue weighted by atomic mass is 16.4. The fraction of sp³-hybridized carbons (Fsp3) is 0.583. The first kappa shape index (κ1) is 29.1. The van der Waals surface area contributed by atoms with E-state index < -0.39 is 54.5 Å². The van der Waals surface area contributed by atoms with Crippen molar-refractivity contribution in [3.8, 4) is 0 Å². The summed E-state index contributed by atoms with van der Waals surface area (Å²) in [5, 5.41) is 26.4. The van der Waals surface area contributed by atoms with Gasteiger partial charge >= 0.3 is 5.97 Å². The fourth-order valence-corrected chi connectivity index (χ4v) is 3.36. The SMILES string of the molecule is CC(C)CC(NC(=O)C(N)CO)C(=O)NC(CC(C)C)C(=O)NC(Cc1ccccc1)C(=O)O. The summed E-state index contributed by atoms with van der Waals surface area (Å²) >= 11 is 0. The Kier molecular flexibility index (Phi) is 12.2. The number of carboxylic acid groups (broad SMARTS) is 1. The van der Waals surface area contributed by atoms with E-state index in [1.165, 1.54) is 0 Å². The van der Waals surface area contributed by atoms with Gasteiger partial charge in [-0.15, -0.1) is 0 Å². The second-order valence-electron chi connectivity index (χ2n) is 9.26. The molecule has 0 saturated carbocycles. The molecule has 0 spiro atoms. The number of hydrogen-bond donors (Lipinski definition) is 6. The zero-order chi connectivity index (χ0) is 25.8. The molecular weight excluding hydrogens is 440 g/mol. The lowest BCUT2D eigenvalue weighted by Crippen LogP contribution is -2.58. The first-order valence-electron chi connectivity index (χ1n) is 11.5. The molecule has 190 valence electrons. The Morgan fingerprint density at radius 2 is 1.24 bits per heavy atom. The zero-order valence-electron chi connectivity index (χ0n) is 20.3. The van der Waals surface area contributed by atoms with Gasteiger partial charge in [-0.1, -0.05) is 58.0 Å². The maximum Gasteiger partial charge on any atom is 0.326 e. The Balaban J connectivity index is 2.99. The van der Waals surface area contributed by atoms with Gasteiger partial charge in [0.25, 0.3) is 0 Å². The molecule has 1 aromatic carbocycles. The number of aliphatic hydroxyl groups is 1. The van der Waals surface area contributed by atoms with Crippen molar-refractivity contribution in [3.05, 3.63) is 35.9 Å². The Morgan fingerprint density at radius 3 is 1.65 bits per heavy atom. The fourth-order valence-electron chi connectivity index (χ4n) is 3.36. The molecule has 7 N–H and O–H groups in total. The van der Waals surface area contributed by atoms with Crippen molar-refractivity contribution in [2.75, 3.05) is 6.61 Å². The Labute approximate surface area is 200 Å². The number of carbonyl (C=O) groups excluding carboxylic acids is 3. The van der Waals surface area contributed by atoms with Crippen molar-refractivity contribution in [3.63, 3.8) is 0 Å². The average molecular weight is 479 g/mol. The van der Waals surface area contributed by atoms with E-state index in [2.05, 4.69) is 16.0 Å². The molecule has 0 fully saturated rings. The van der Waals surface area contributed by atoms with Crippen LogP contribution in [0.3, 0.4) is 0 Å². The minimum Gasteiger partial charge on any atom is -0.480 e. The van der Waals surface area contributed by atoms with E-state index in [-0.39, 0.29) is 31.1 Å². The molecule has 10 nitrogen and oxygen atoms in total. The number of nitrogens with one attached hydrogen (secondary N) is 3. The van der Waals surface area contributed by atoms with Crippen molar-refractivity contribution >= 4 is 23.7 Å². The van der Waals surface area contributed by atoms with Crippen LogP contribution in [0, 0.1) is 11.8 Å². The number of hydrogen-bond acceptors (Lipinski definition) is 6. The number of rotatable bonds is 14. The molecule has 0 radical (unpaired) electrons. The molecule has 1 rings (SSSR count). The van der Waals surface area contributed by atoms with Gasteiger partial charge in [0.2, 0.25) is 17.7 Å². The highest BCUT2D eigenvalue weighted by Crippen LogP contribution is 2.10. The summed E-state index contributed by atoms with van der Waals surface area (Å²) < 4.78 is 0. The van der Waals surface area contributed by atoms with E-state index in [4.69, 9.17) is 10.8 Å². The maximum atomic E-state index is 13.0. The number of carbonyl (C=O) groups is 4. The molecule has 10 heteroatoms. The second kappa shape index (κ2) is 14.3. The van der Waals surface area contributed by atoms with Crippen LogP contribution in [0.4, 0.5) is 0 Å². The normalized spacial score (nSPS) is 14.7. The predicted molar refractivity (Wildman–Crippen MR) is 128 cm³/mol. The lowest BCUT2D eigenvalue weighted by Gasteiger charge is -2.26. The van der Waals surface area contributed by atoms with Gasteiger partial charge in [-0.3, -0.25) is 14.4 Å². The topological polar surface area (TPSA) is 171 Å². The van der Waals surface area contributed by atoms with Crippen LogP contribution in [0.25, 0.3) is 0 Å². The average Bonchev–Trinajstić information content (AvgIpc) is 2.76. The summed E-state index contributed by atoms with van der Waals surface area (Å²) in [6, 6.07) is 4.61. The standard InChI is InChI=1S/C24H38N4O6/c1-14(2)10-18(26-21(30)17(25)13-29)22(31)27-19(11-15(3)4)23(32)28-20(24(33)34)12-16-8-6-5-7-9-16/h5-9,14-15,17-20,29H,10-13,25H2,1-4H3,(H,26,30)(H,27,31)(H,28,32)(H,33,34). The Morgan fingerprint density at radius 1 is 0.794 bits per heavy atom. The van der Waals surface area contributed by atoms with Crippen LogP contribution in [0.1, 0.15) is 46.1 Å². The number of amides is 3. The molecule has 0 aromatic heterocycles. The van der Waals surface area contributed by atoms with Gasteiger partial charge in [-0.05, 0) is 30.2 Å². The molecule has 34 heavy (non-hydrogen) atoms. The molecule has 0 aliphatic rings. The summed E-state index contributed by atoms with van der Waals surface area (Å²) in [6.45, 7) is 6.92. The minimum absolute atomic E-state index is 0.0226. The molecule has 3 amide bonds. The monoisotopic (exact) mass is 478 g/mol. The van der Waals surface area contributed by atoms with Crippen LogP contribution in [-0.2, 0) is 25.6 Å². The predicted octanol–water partition coefficient (Wildman–Crippen LogP) is 0.180. The van der Waals surface area contributed by atoms with Crippen LogP contribution < -0.4 is 21.7 Å². The van der Waals surface area contributed by atoms with Gasteiger partial charge in [0.15, 0.2) is 0 Å². The van der Waals surface area contributed by atoms with Gasteiger partial charge < -0.3 is 31.9 Å². The summed E-state index contributed by atoms with van der Waals surface area (Å²) in [5.74, 6) is -3.00. The molecular formula is C24H38N4O6. The molecule has 4 atom stereocenters. The molecule has 0 aliphatic heterocycles. The van der Waals surface area contributed by atoms with Crippen LogP contribution in [0.15, 0.2) is 30.3 Å². The lowest BCUT2D eigenvalue weighted by molar-refractivity contribution is -0.142. The first-order chi connectivity index (χ1) is 15.9. The van der Waals surface area contributed by atoms with E-state index >= 15 is 0 Å². The lowest BCUT2D eigenvalue weighted by atomic mass is 9.99. The van der Waals surface area contributed by atoms with E-state index in [1.807, 2.05) is 33.8 Å². The minimum atomic E-state index is -1.19. The summed E-state index contributed by atoms with van der Waals surface area (Å²) in [5.41, 5.74) is 6.29. The van der Waals surface area contributed by atoms with Gasteiger partial charge in [-0.2, -0.15) is 0 Å². The quantitative estimate of drug-likeness (QED) is 0.221. The van der Waals surface area contributed by atoms with Gasteiger partial charge in [0.05, 0.1) is 6.61 Å². The largest absolute Gasteiger partial charge is 0.480 e. The molecule has 4 unspecified atom stereocenters. The van der Waals surface area contributed by atoms with Crippen LogP contribution in [0.5, 0.6) is 0 Å². The van der Waals surface area contributed by atoms with Gasteiger partial charge in [-0.25, -0.2) is 4.79 Å². The van der Waals surface area contributed by atoms with Crippen molar-refractivity contribution in [2.45, 2.75) is 71.1 Å². The van der Waals surface area contributed by atoms with E-state index in [0.29, 0.717) is 0 Å². The third-order valence-electron chi connectivity index (χ3n) is 5.11. The number of aliphatic hydroxyl groups excluding tert-OH is 1. The van der Waals surface area contributed by atoms with Gasteiger partial charge in [0, 0.05) is 6.42 Å². The summed E-state index contributed by atoms with van der Waals surface area (Å²) in [4.78, 5) is 49.9. The third kappa shape index (κ3) is 10.3. The molecule has 1 aromatic rings. The number of carboxylic acids is 1. The third-order valence-corrected chi connectivity index (χ3v) is 5.11. The van der Waals surface area contributed by atoms with E-state index in [0.717, 1.165) is 5.56 Å². The molecule has 0 bridgehead atoms. The van der Waals surface area contributed by atoms with Crippen molar-refractivity contribution in [2.24, 2.45) is 17.6 Å². The molecule has 0 saturated heterocycles. The number of benzene rings is 1. The summed E-state index contributed by atoms with van der Waals surface area (Å²) in [6.07, 6.45) is 0.653. The Hall–Kier alpha value is -2.98. The van der Waals surface area contributed by atoms with Gasteiger partial charge in [0.1, 0.15) is 24.2 Å². The number of aliphatic carboxylic acids is 1. The van der Waals surface area contributed by atoms with Crippen LogP contribution in [-0.4, -0.2) is 64.7 Å². The zero-order valence-corrected chi connectivity index (χ0v) is 20.3. The van der Waals surface area contributed by atoms with Crippen molar-refractivity contribution in [1.29, 1.82) is 0 Å². The molecule has 0 aliphatic carbocycles. The smallest absolute Gasteiger partial charge is 0.326 e. The van der Waals surface area contributed by atoms with Crippen LogP contribution in [0.2, 0.25) is 0 Å². The van der Waals surface area contributed by atoms with Crippen molar-refractivity contribution in [1.82, 2.24) is 16.0 Å². The first-order valence-corrected chi connectivity index (χ1v) is 11.5.